The minimum absolute atomic E-state index is 0.103. The van der Waals surface area contributed by atoms with Gasteiger partial charge in [-0.15, -0.1) is 0 Å². The summed E-state index contributed by atoms with van der Waals surface area (Å²) >= 11 is 0. The number of hydrogen-bond acceptors (Lipinski definition) is 4. The highest BCUT2D eigenvalue weighted by Crippen LogP contribution is 2.28. The van der Waals surface area contributed by atoms with Crippen molar-refractivity contribution in [2.45, 2.75) is 11.8 Å². The average Bonchev–Trinajstić information content (AvgIpc) is 2.46. The van der Waals surface area contributed by atoms with Crippen LogP contribution in [0, 0.1) is 0 Å². The molecule has 2 atom stereocenters. The van der Waals surface area contributed by atoms with Gasteiger partial charge in [-0.05, 0) is 24.3 Å². The third kappa shape index (κ3) is 2.72. The second-order valence-electron chi connectivity index (χ2n) is 4.19. The van der Waals surface area contributed by atoms with Crippen molar-refractivity contribution in [3.05, 3.63) is 60.2 Å². The van der Waals surface area contributed by atoms with E-state index >= 15 is 0 Å². The molecule has 0 spiro atoms. The van der Waals surface area contributed by atoms with Crippen molar-refractivity contribution in [3.63, 3.8) is 0 Å². The molecule has 2 rings (SSSR count). The van der Waals surface area contributed by atoms with Gasteiger partial charge in [0.1, 0.15) is 0 Å². The molecule has 0 aliphatic heterocycles. The van der Waals surface area contributed by atoms with Gasteiger partial charge in [0.15, 0.2) is 0 Å². The first-order valence-electron chi connectivity index (χ1n) is 6.08. The van der Waals surface area contributed by atoms with Gasteiger partial charge in [-0.3, -0.25) is 9.97 Å². The molecule has 0 aromatic carbocycles. The summed E-state index contributed by atoms with van der Waals surface area (Å²) in [7, 11) is 0. The van der Waals surface area contributed by atoms with Crippen LogP contribution in [0.2, 0.25) is 0 Å². The molecule has 4 nitrogen and oxygen atoms in total. The number of nitrogens with two attached hydrogens (primary N) is 2. The SMILES string of the molecule is NCC(c1ccccn1)C(CN)c1ccccn1. The highest BCUT2D eigenvalue weighted by Gasteiger charge is 2.24. The second kappa shape index (κ2) is 6.23. The van der Waals surface area contributed by atoms with Gasteiger partial charge < -0.3 is 11.5 Å². The van der Waals surface area contributed by atoms with E-state index < -0.39 is 0 Å². The zero-order chi connectivity index (χ0) is 12.8. The van der Waals surface area contributed by atoms with E-state index in [9.17, 15) is 0 Å². The Bertz CT molecular complexity index is 412. The first kappa shape index (κ1) is 12.7. The summed E-state index contributed by atoms with van der Waals surface area (Å²) < 4.78 is 0. The molecule has 4 N–H and O–H groups in total. The zero-order valence-electron chi connectivity index (χ0n) is 10.2. The molecule has 18 heavy (non-hydrogen) atoms. The van der Waals surface area contributed by atoms with Crippen LogP contribution < -0.4 is 11.5 Å². The van der Waals surface area contributed by atoms with Crippen molar-refractivity contribution in [2.75, 3.05) is 13.1 Å². The molecule has 0 fully saturated rings. The minimum Gasteiger partial charge on any atom is -0.330 e. The van der Waals surface area contributed by atoms with Crippen molar-refractivity contribution in [3.8, 4) is 0 Å². The quantitative estimate of drug-likeness (QED) is 0.827. The Morgan fingerprint density at radius 3 is 1.50 bits per heavy atom. The molecule has 0 aliphatic rings. The summed E-state index contributed by atoms with van der Waals surface area (Å²) in [6.07, 6.45) is 3.56. The van der Waals surface area contributed by atoms with Crippen LogP contribution in [0.15, 0.2) is 48.8 Å². The van der Waals surface area contributed by atoms with Gasteiger partial charge in [-0.1, -0.05) is 12.1 Å². The van der Waals surface area contributed by atoms with Crippen LogP contribution in [-0.4, -0.2) is 23.1 Å². The lowest BCUT2D eigenvalue weighted by atomic mass is 9.86. The largest absolute Gasteiger partial charge is 0.330 e. The molecule has 0 saturated heterocycles. The zero-order valence-corrected chi connectivity index (χ0v) is 10.2. The molecule has 4 heteroatoms. The topological polar surface area (TPSA) is 77.8 Å². The van der Waals surface area contributed by atoms with Crippen molar-refractivity contribution in [2.24, 2.45) is 11.5 Å². The number of pyridine rings is 2. The Morgan fingerprint density at radius 1 is 0.778 bits per heavy atom. The van der Waals surface area contributed by atoms with Crippen LogP contribution in [0.4, 0.5) is 0 Å². The van der Waals surface area contributed by atoms with E-state index in [0.29, 0.717) is 13.1 Å². The van der Waals surface area contributed by atoms with Crippen molar-refractivity contribution in [1.29, 1.82) is 0 Å². The van der Waals surface area contributed by atoms with Crippen LogP contribution in [0.25, 0.3) is 0 Å². The van der Waals surface area contributed by atoms with Crippen molar-refractivity contribution < 1.29 is 0 Å². The molecule has 94 valence electrons. The average molecular weight is 242 g/mol. The highest BCUT2D eigenvalue weighted by molar-refractivity contribution is 5.20. The lowest BCUT2D eigenvalue weighted by Gasteiger charge is -2.23. The molecule has 0 amide bonds. The molecule has 0 bridgehead atoms. The van der Waals surface area contributed by atoms with E-state index in [4.69, 9.17) is 11.5 Å². The van der Waals surface area contributed by atoms with Gasteiger partial charge in [-0.25, -0.2) is 0 Å². The van der Waals surface area contributed by atoms with Crippen LogP contribution in [-0.2, 0) is 0 Å². The Morgan fingerprint density at radius 2 is 1.22 bits per heavy atom. The van der Waals surface area contributed by atoms with E-state index in [1.54, 1.807) is 12.4 Å². The Labute approximate surface area is 107 Å². The summed E-state index contributed by atoms with van der Waals surface area (Å²) in [5.41, 5.74) is 13.7. The predicted octanol–water partition coefficient (Wildman–Crippen LogP) is 1.26. The summed E-state index contributed by atoms with van der Waals surface area (Å²) in [6.45, 7) is 1.02. The maximum atomic E-state index is 5.90. The summed E-state index contributed by atoms with van der Waals surface area (Å²) in [6, 6.07) is 11.7. The molecule has 0 saturated carbocycles. The van der Waals surface area contributed by atoms with E-state index in [1.165, 1.54) is 0 Å². The summed E-state index contributed by atoms with van der Waals surface area (Å²) in [4.78, 5) is 8.76. The third-order valence-corrected chi connectivity index (χ3v) is 3.13. The Balaban J connectivity index is 2.31. The number of aromatic nitrogens is 2. The number of hydrogen-bond donors (Lipinski definition) is 2. The van der Waals surface area contributed by atoms with Crippen molar-refractivity contribution in [1.82, 2.24) is 9.97 Å². The lowest BCUT2D eigenvalue weighted by molar-refractivity contribution is 0.530. The molecular weight excluding hydrogens is 224 g/mol. The second-order valence-corrected chi connectivity index (χ2v) is 4.19. The van der Waals surface area contributed by atoms with Gasteiger partial charge in [-0.2, -0.15) is 0 Å². The standard InChI is InChI=1S/C14H18N4/c15-9-11(13-5-1-3-7-17-13)12(10-16)14-6-2-4-8-18-14/h1-8,11-12H,9-10,15-16H2. The maximum Gasteiger partial charge on any atom is 0.0454 e. The van der Waals surface area contributed by atoms with Crippen LogP contribution in [0.5, 0.6) is 0 Å². The fraction of sp³-hybridized carbons (Fsp3) is 0.286. The molecular formula is C14H18N4. The van der Waals surface area contributed by atoms with Gasteiger partial charge in [0.05, 0.1) is 0 Å². The van der Waals surface area contributed by atoms with Gasteiger partial charge in [0, 0.05) is 48.7 Å². The highest BCUT2D eigenvalue weighted by atomic mass is 14.8. The smallest absolute Gasteiger partial charge is 0.0454 e. The van der Waals surface area contributed by atoms with Crippen LogP contribution in [0.3, 0.4) is 0 Å². The first-order chi connectivity index (χ1) is 8.86. The first-order valence-corrected chi connectivity index (χ1v) is 6.08. The Kier molecular flexibility index (Phi) is 4.39. The van der Waals surface area contributed by atoms with Crippen molar-refractivity contribution >= 4 is 0 Å². The fourth-order valence-electron chi connectivity index (χ4n) is 2.17. The lowest BCUT2D eigenvalue weighted by Crippen LogP contribution is -2.27. The summed E-state index contributed by atoms with van der Waals surface area (Å²) in [5, 5.41) is 0. The van der Waals surface area contributed by atoms with Gasteiger partial charge in [0.25, 0.3) is 0 Å². The van der Waals surface area contributed by atoms with Crippen LogP contribution in [0.1, 0.15) is 23.2 Å². The van der Waals surface area contributed by atoms with Gasteiger partial charge >= 0.3 is 0 Å². The number of rotatable bonds is 5. The third-order valence-electron chi connectivity index (χ3n) is 3.13. The Hall–Kier alpha value is -1.78. The van der Waals surface area contributed by atoms with E-state index in [-0.39, 0.29) is 11.8 Å². The molecule has 2 aromatic rings. The predicted molar refractivity (Wildman–Crippen MR) is 72.1 cm³/mol. The monoisotopic (exact) mass is 242 g/mol. The van der Waals surface area contributed by atoms with Crippen LogP contribution >= 0.6 is 0 Å². The fourth-order valence-corrected chi connectivity index (χ4v) is 2.17. The molecule has 2 aromatic heterocycles. The molecule has 0 radical (unpaired) electrons. The molecule has 2 unspecified atom stereocenters. The van der Waals surface area contributed by atoms with Gasteiger partial charge in [0.2, 0.25) is 0 Å². The van der Waals surface area contributed by atoms with E-state index in [2.05, 4.69) is 9.97 Å². The normalized spacial score (nSPS) is 14.1. The minimum atomic E-state index is 0.103. The maximum absolute atomic E-state index is 5.90. The molecule has 0 aliphatic carbocycles. The number of nitrogens with zero attached hydrogens (tertiary/aromatic N) is 2. The molecule has 2 heterocycles. The van der Waals surface area contributed by atoms with E-state index in [1.807, 2.05) is 36.4 Å². The summed E-state index contributed by atoms with van der Waals surface area (Å²) in [5.74, 6) is 0.206. The van der Waals surface area contributed by atoms with E-state index in [0.717, 1.165) is 11.4 Å².